The second-order valence-corrected chi connectivity index (χ2v) is 7.85. The fourth-order valence-electron chi connectivity index (χ4n) is 3.86. The molecule has 0 radical (unpaired) electrons. The average Bonchev–Trinajstić information content (AvgIpc) is 3.13. The third-order valence-electron chi connectivity index (χ3n) is 5.49. The Labute approximate surface area is 183 Å². The highest BCUT2D eigenvalue weighted by Gasteiger charge is 2.23. The van der Waals surface area contributed by atoms with Gasteiger partial charge >= 0.3 is 0 Å². The summed E-state index contributed by atoms with van der Waals surface area (Å²) in [7, 11) is 0. The number of nitrogen functional groups attached to an aromatic ring is 1. The highest BCUT2D eigenvalue weighted by molar-refractivity contribution is 7.80. The summed E-state index contributed by atoms with van der Waals surface area (Å²) in [6.07, 6.45) is 1.52. The number of nitrogens with one attached hydrogen (secondary N) is 2. The molecule has 5 rings (SSSR count). The fraction of sp³-hybridized carbons (Fsp3) is 0.190. The smallest absolute Gasteiger partial charge is 0.173 e. The van der Waals surface area contributed by atoms with Crippen molar-refractivity contribution in [2.24, 2.45) is 0 Å². The molecule has 2 aromatic carbocycles. The Bertz CT molecular complexity index is 1280. The van der Waals surface area contributed by atoms with Crippen LogP contribution in [0.1, 0.15) is 0 Å². The molecule has 4 aromatic rings. The number of aromatic amines is 1. The first-order chi connectivity index (χ1) is 15.0. The van der Waals surface area contributed by atoms with Crippen LogP contribution < -0.4 is 16.0 Å². The van der Waals surface area contributed by atoms with Crippen LogP contribution >= 0.6 is 12.2 Å². The zero-order valence-corrected chi connectivity index (χ0v) is 17.4. The molecule has 158 valence electrons. The predicted molar refractivity (Wildman–Crippen MR) is 126 cm³/mol. The molecule has 0 unspecified atom stereocenters. The van der Waals surface area contributed by atoms with Gasteiger partial charge in [0.05, 0.1) is 10.9 Å². The van der Waals surface area contributed by atoms with Crippen molar-refractivity contribution in [3.8, 4) is 11.5 Å². The minimum atomic E-state index is -0.177. The van der Waals surface area contributed by atoms with Gasteiger partial charge in [0, 0.05) is 49.0 Å². The van der Waals surface area contributed by atoms with E-state index >= 15 is 0 Å². The van der Waals surface area contributed by atoms with Crippen LogP contribution in [0.25, 0.3) is 21.9 Å². The molecule has 6 N–H and O–H groups in total. The minimum Gasteiger partial charge on any atom is -0.504 e. The van der Waals surface area contributed by atoms with Gasteiger partial charge in [-0.25, -0.2) is 9.97 Å². The quantitative estimate of drug-likeness (QED) is 0.183. The first-order valence-electron chi connectivity index (χ1n) is 9.84. The zero-order chi connectivity index (χ0) is 21.5. The van der Waals surface area contributed by atoms with Gasteiger partial charge in [-0.3, -0.25) is 0 Å². The Kier molecular flexibility index (Phi) is 4.63. The van der Waals surface area contributed by atoms with E-state index < -0.39 is 0 Å². The summed E-state index contributed by atoms with van der Waals surface area (Å²) in [6.45, 7) is 2.93. The number of phenolic OH excluding ortho intramolecular Hbond substituents is 2. The van der Waals surface area contributed by atoms with Crippen LogP contribution in [0.15, 0.2) is 42.7 Å². The maximum absolute atomic E-state index is 9.98. The lowest BCUT2D eigenvalue weighted by Gasteiger charge is -2.37. The van der Waals surface area contributed by atoms with Crippen molar-refractivity contribution in [1.82, 2.24) is 19.9 Å². The predicted octanol–water partition coefficient (Wildman–Crippen LogP) is 2.62. The van der Waals surface area contributed by atoms with Gasteiger partial charge in [0.25, 0.3) is 0 Å². The lowest BCUT2D eigenvalue weighted by atomic mass is 10.1. The number of aromatic nitrogens is 3. The molecule has 1 saturated heterocycles. The van der Waals surface area contributed by atoms with Gasteiger partial charge in [0.1, 0.15) is 17.8 Å². The van der Waals surface area contributed by atoms with Gasteiger partial charge in [-0.05, 0) is 42.5 Å². The standard InChI is InChI=1S/C21H21N7O2S/c22-12-1-3-13(4-2-12)25-21(31)28-7-5-27(6-8-28)20-18-14-9-16(29)17(30)10-15(14)26-19(18)23-11-24-20/h1-4,9-11,29-30H,5-8,22H2,(H,25,31)(H,23,24,26). The van der Waals surface area contributed by atoms with Crippen molar-refractivity contribution in [1.29, 1.82) is 0 Å². The number of benzene rings is 2. The summed E-state index contributed by atoms with van der Waals surface area (Å²) in [5, 5.41) is 25.3. The monoisotopic (exact) mass is 435 g/mol. The Hall–Kier alpha value is -3.79. The van der Waals surface area contributed by atoms with E-state index in [9.17, 15) is 10.2 Å². The minimum absolute atomic E-state index is 0.174. The number of rotatable bonds is 2. The van der Waals surface area contributed by atoms with Gasteiger partial charge < -0.3 is 36.0 Å². The number of H-pyrrole nitrogens is 1. The summed E-state index contributed by atoms with van der Waals surface area (Å²) >= 11 is 5.58. The molecule has 0 saturated carbocycles. The van der Waals surface area contributed by atoms with E-state index in [1.807, 2.05) is 24.3 Å². The fourth-order valence-corrected chi connectivity index (χ4v) is 4.16. The second-order valence-electron chi connectivity index (χ2n) is 7.46. The molecule has 0 spiro atoms. The van der Waals surface area contributed by atoms with E-state index in [0.717, 1.165) is 48.5 Å². The van der Waals surface area contributed by atoms with E-state index in [4.69, 9.17) is 18.0 Å². The van der Waals surface area contributed by atoms with Crippen LogP contribution in [-0.2, 0) is 0 Å². The topological polar surface area (TPSA) is 127 Å². The Morgan fingerprint density at radius 2 is 1.74 bits per heavy atom. The summed E-state index contributed by atoms with van der Waals surface area (Å²) in [6, 6.07) is 10.5. The van der Waals surface area contributed by atoms with Crippen molar-refractivity contribution < 1.29 is 10.2 Å². The van der Waals surface area contributed by atoms with E-state index in [1.54, 1.807) is 0 Å². The summed E-state index contributed by atoms with van der Waals surface area (Å²) in [5.41, 5.74) is 8.71. The molecule has 3 heterocycles. The average molecular weight is 436 g/mol. The summed E-state index contributed by atoms with van der Waals surface area (Å²) in [4.78, 5) is 16.3. The maximum Gasteiger partial charge on any atom is 0.173 e. The van der Waals surface area contributed by atoms with Gasteiger partial charge in [0.2, 0.25) is 0 Å². The summed E-state index contributed by atoms with van der Waals surface area (Å²) in [5.74, 6) is 0.440. The van der Waals surface area contributed by atoms with Crippen molar-refractivity contribution in [2.45, 2.75) is 0 Å². The summed E-state index contributed by atoms with van der Waals surface area (Å²) < 4.78 is 0. The van der Waals surface area contributed by atoms with Crippen LogP contribution in [0.4, 0.5) is 17.2 Å². The molecular weight excluding hydrogens is 414 g/mol. The van der Waals surface area contributed by atoms with Crippen LogP contribution in [-0.4, -0.2) is 61.4 Å². The van der Waals surface area contributed by atoms with Crippen molar-refractivity contribution in [3.63, 3.8) is 0 Å². The highest BCUT2D eigenvalue weighted by Crippen LogP contribution is 2.37. The van der Waals surface area contributed by atoms with E-state index in [1.165, 1.54) is 18.5 Å². The Balaban J connectivity index is 1.36. The second kappa shape index (κ2) is 7.47. The van der Waals surface area contributed by atoms with Crippen LogP contribution in [0.2, 0.25) is 0 Å². The Morgan fingerprint density at radius 1 is 1.03 bits per heavy atom. The number of thiocarbonyl (C=S) groups is 1. The van der Waals surface area contributed by atoms with Crippen LogP contribution in [0.3, 0.4) is 0 Å². The number of nitrogens with zero attached hydrogens (tertiary/aromatic N) is 4. The van der Waals surface area contributed by atoms with Crippen molar-refractivity contribution in [2.75, 3.05) is 42.1 Å². The van der Waals surface area contributed by atoms with Crippen LogP contribution in [0.5, 0.6) is 11.5 Å². The third-order valence-corrected chi connectivity index (χ3v) is 5.85. The number of aromatic hydroxyl groups is 2. The first-order valence-corrected chi connectivity index (χ1v) is 10.3. The van der Waals surface area contributed by atoms with Gasteiger partial charge in [-0.1, -0.05) is 0 Å². The van der Waals surface area contributed by atoms with E-state index in [-0.39, 0.29) is 11.5 Å². The molecule has 2 aromatic heterocycles. The number of fused-ring (bicyclic) bond motifs is 3. The molecule has 0 aliphatic carbocycles. The molecular formula is C21H21N7O2S. The van der Waals surface area contributed by atoms with Crippen molar-refractivity contribution in [3.05, 3.63) is 42.7 Å². The largest absolute Gasteiger partial charge is 0.504 e. The number of hydrogen-bond donors (Lipinski definition) is 5. The molecule has 1 aliphatic rings. The van der Waals surface area contributed by atoms with Crippen molar-refractivity contribution >= 4 is 56.5 Å². The van der Waals surface area contributed by atoms with E-state index in [2.05, 4.69) is 30.1 Å². The van der Waals surface area contributed by atoms with Gasteiger partial charge in [0.15, 0.2) is 16.6 Å². The number of anilines is 3. The first kappa shape index (κ1) is 19.2. The molecule has 1 aliphatic heterocycles. The zero-order valence-electron chi connectivity index (χ0n) is 16.5. The molecule has 0 atom stereocenters. The molecule has 0 bridgehead atoms. The molecule has 0 amide bonds. The molecule has 10 heteroatoms. The van der Waals surface area contributed by atoms with Gasteiger partial charge in [-0.2, -0.15) is 0 Å². The Morgan fingerprint density at radius 3 is 2.48 bits per heavy atom. The maximum atomic E-state index is 9.98. The molecule has 1 fully saturated rings. The number of nitrogens with two attached hydrogens (primary N) is 1. The number of piperazine rings is 1. The molecule has 9 nitrogen and oxygen atoms in total. The van der Waals surface area contributed by atoms with E-state index in [0.29, 0.717) is 22.0 Å². The van der Waals surface area contributed by atoms with Gasteiger partial charge in [-0.15, -0.1) is 0 Å². The number of phenols is 2. The third kappa shape index (κ3) is 3.50. The van der Waals surface area contributed by atoms with Crippen LogP contribution in [0, 0.1) is 0 Å². The number of hydrogen-bond acceptors (Lipinski definition) is 7. The molecule has 31 heavy (non-hydrogen) atoms. The lowest BCUT2D eigenvalue weighted by molar-refractivity contribution is 0.390. The normalized spacial score (nSPS) is 14.3. The SMILES string of the molecule is Nc1ccc(NC(=S)N2CCN(c3ncnc4[nH]c5cc(O)c(O)cc5c34)CC2)cc1. The lowest BCUT2D eigenvalue weighted by Crippen LogP contribution is -2.50. The highest BCUT2D eigenvalue weighted by atomic mass is 32.1.